The monoisotopic (exact) mass is 488 g/mol. The van der Waals surface area contributed by atoms with E-state index in [2.05, 4.69) is 46.6 Å². The number of halogens is 1. The normalized spacial score (nSPS) is 11.0. The zero-order valence-electron chi connectivity index (χ0n) is 15.7. The van der Waals surface area contributed by atoms with Crippen molar-refractivity contribution in [1.29, 1.82) is 0 Å². The van der Waals surface area contributed by atoms with Crippen LogP contribution in [-0.2, 0) is 12.8 Å². The average Bonchev–Trinajstić information content (AvgIpc) is 3.09. The Bertz CT molecular complexity index is 658. The molecule has 2 aromatic rings. The van der Waals surface area contributed by atoms with Crippen molar-refractivity contribution in [3.63, 3.8) is 0 Å². The summed E-state index contributed by atoms with van der Waals surface area (Å²) in [5.41, 5.74) is 1.24. The smallest absolute Gasteiger partial charge is 0.190 e. The molecule has 0 aliphatic carbocycles. The summed E-state index contributed by atoms with van der Waals surface area (Å²) in [7, 11) is 1.79. The number of nitrogens with one attached hydrogen (secondary N) is 2. The van der Waals surface area contributed by atoms with Crippen molar-refractivity contribution in [2.24, 2.45) is 4.99 Å². The van der Waals surface area contributed by atoms with Crippen molar-refractivity contribution in [1.82, 2.24) is 15.6 Å². The second-order valence-corrected chi connectivity index (χ2v) is 6.96. The first-order valence-corrected chi connectivity index (χ1v) is 9.60. The highest BCUT2D eigenvalue weighted by Crippen LogP contribution is 2.13. The summed E-state index contributed by atoms with van der Waals surface area (Å²) < 4.78 is 5.72. The number of hydrogen-bond acceptors (Lipinski definition) is 4. The van der Waals surface area contributed by atoms with Crippen LogP contribution < -0.4 is 15.4 Å². The van der Waals surface area contributed by atoms with Crippen LogP contribution in [0.15, 0.2) is 35.5 Å². The molecule has 1 heterocycles. The number of aromatic nitrogens is 1. The molecule has 26 heavy (non-hydrogen) atoms. The summed E-state index contributed by atoms with van der Waals surface area (Å²) in [5.74, 6) is 1.74. The van der Waals surface area contributed by atoms with E-state index < -0.39 is 0 Å². The molecule has 1 aromatic carbocycles. The van der Waals surface area contributed by atoms with Crippen LogP contribution in [0.2, 0.25) is 0 Å². The molecular weight excluding hydrogens is 459 g/mol. The minimum Gasteiger partial charge on any atom is -0.494 e. The van der Waals surface area contributed by atoms with Gasteiger partial charge < -0.3 is 15.4 Å². The van der Waals surface area contributed by atoms with Crippen LogP contribution in [-0.4, -0.2) is 37.7 Å². The highest BCUT2D eigenvalue weighted by Gasteiger charge is 2.02. The number of ether oxygens (including phenoxy) is 1. The molecule has 2 N–H and O–H groups in total. The summed E-state index contributed by atoms with van der Waals surface area (Å²) in [6.45, 7) is 6.57. The van der Waals surface area contributed by atoms with Gasteiger partial charge in [-0.15, -0.1) is 35.3 Å². The van der Waals surface area contributed by atoms with Crippen LogP contribution in [0, 0.1) is 6.92 Å². The van der Waals surface area contributed by atoms with Crippen LogP contribution in [0.4, 0.5) is 0 Å². The van der Waals surface area contributed by atoms with E-state index in [0.29, 0.717) is 6.61 Å². The fraction of sp³-hybridized carbons (Fsp3) is 0.474. The van der Waals surface area contributed by atoms with E-state index >= 15 is 0 Å². The van der Waals surface area contributed by atoms with Gasteiger partial charge in [-0.05, 0) is 31.9 Å². The number of rotatable bonds is 9. The Morgan fingerprint density at radius 2 is 1.92 bits per heavy atom. The van der Waals surface area contributed by atoms with Crippen LogP contribution in [0.5, 0.6) is 5.75 Å². The third-order valence-electron chi connectivity index (χ3n) is 3.71. The highest BCUT2D eigenvalue weighted by atomic mass is 127. The van der Waals surface area contributed by atoms with Crippen molar-refractivity contribution in [3.8, 4) is 5.75 Å². The Labute approximate surface area is 177 Å². The number of guanidine groups is 1. The molecule has 144 valence electrons. The van der Waals surface area contributed by atoms with Crippen molar-refractivity contribution in [2.75, 3.05) is 26.7 Å². The SMILES string of the molecule is CCc1cnc(CCNC(=NC)NCCCOc2ccc(C)cc2)s1.I. The molecule has 0 aliphatic rings. The topological polar surface area (TPSA) is 58.5 Å². The van der Waals surface area contributed by atoms with E-state index in [1.165, 1.54) is 15.4 Å². The molecule has 0 spiro atoms. The van der Waals surface area contributed by atoms with Gasteiger partial charge in [-0.1, -0.05) is 24.6 Å². The second-order valence-electron chi connectivity index (χ2n) is 5.76. The Kier molecular flexibility index (Phi) is 11.3. The number of thiazole rings is 1. The van der Waals surface area contributed by atoms with E-state index in [0.717, 1.165) is 44.1 Å². The number of hydrogen-bond donors (Lipinski definition) is 2. The molecule has 0 bridgehead atoms. The molecule has 0 amide bonds. The van der Waals surface area contributed by atoms with Crippen molar-refractivity contribution >= 4 is 41.3 Å². The third-order valence-corrected chi connectivity index (χ3v) is 4.91. The van der Waals surface area contributed by atoms with Crippen LogP contribution in [0.25, 0.3) is 0 Å². The van der Waals surface area contributed by atoms with Gasteiger partial charge in [-0.3, -0.25) is 4.99 Å². The van der Waals surface area contributed by atoms with E-state index in [9.17, 15) is 0 Å². The maximum atomic E-state index is 5.72. The largest absolute Gasteiger partial charge is 0.494 e. The van der Waals surface area contributed by atoms with Gasteiger partial charge in [0.05, 0.1) is 11.6 Å². The van der Waals surface area contributed by atoms with Crippen LogP contribution >= 0.6 is 35.3 Å². The zero-order chi connectivity index (χ0) is 17.9. The first-order chi connectivity index (χ1) is 12.2. The van der Waals surface area contributed by atoms with Gasteiger partial charge in [-0.2, -0.15) is 0 Å². The minimum absolute atomic E-state index is 0. The van der Waals surface area contributed by atoms with Crippen molar-refractivity contribution in [3.05, 3.63) is 45.9 Å². The molecule has 0 unspecified atom stereocenters. The quantitative estimate of drug-likeness (QED) is 0.244. The first kappa shape index (κ1) is 22.7. The predicted octanol–water partition coefficient (Wildman–Crippen LogP) is 3.81. The Morgan fingerprint density at radius 3 is 2.58 bits per heavy atom. The number of aliphatic imine (C=N–C) groups is 1. The molecule has 1 aromatic heterocycles. The van der Waals surface area contributed by atoms with Crippen molar-refractivity contribution in [2.45, 2.75) is 33.1 Å². The fourth-order valence-electron chi connectivity index (χ4n) is 2.24. The molecule has 0 aliphatic heterocycles. The summed E-state index contributed by atoms with van der Waals surface area (Å²) in [4.78, 5) is 10.0. The standard InChI is InChI=1S/C19H28N4OS.HI/c1-4-17-14-23-18(25-17)10-12-22-19(20-3)21-11-5-13-24-16-8-6-15(2)7-9-16;/h6-9,14H,4-5,10-13H2,1-3H3,(H2,20,21,22);1H. The fourth-order valence-corrected chi connectivity index (χ4v) is 3.10. The lowest BCUT2D eigenvalue weighted by Crippen LogP contribution is -2.39. The molecule has 2 rings (SSSR count). The number of benzene rings is 1. The van der Waals surface area contributed by atoms with Gasteiger partial charge in [0.15, 0.2) is 5.96 Å². The van der Waals surface area contributed by atoms with Gasteiger partial charge in [0, 0.05) is 37.6 Å². The van der Waals surface area contributed by atoms with Gasteiger partial charge >= 0.3 is 0 Å². The molecule has 0 radical (unpaired) electrons. The number of nitrogens with zero attached hydrogens (tertiary/aromatic N) is 2. The lowest BCUT2D eigenvalue weighted by atomic mass is 10.2. The van der Waals surface area contributed by atoms with Gasteiger partial charge in [0.2, 0.25) is 0 Å². The Morgan fingerprint density at radius 1 is 1.19 bits per heavy atom. The summed E-state index contributed by atoms with van der Waals surface area (Å²) in [6, 6.07) is 8.13. The molecule has 5 nitrogen and oxygen atoms in total. The lowest BCUT2D eigenvalue weighted by molar-refractivity contribution is 0.311. The molecule has 0 saturated carbocycles. The Balaban J connectivity index is 0.00000338. The van der Waals surface area contributed by atoms with Crippen LogP contribution in [0.3, 0.4) is 0 Å². The third kappa shape index (κ3) is 8.35. The van der Waals surface area contributed by atoms with Crippen molar-refractivity contribution < 1.29 is 4.74 Å². The first-order valence-electron chi connectivity index (χ1n) is 8.79. The van der Waals surface area contributed by atoms with E-state index in [-0.39, 0.29) is 24.0 Å². The molecule has 0 atom stereocenters. The minimum atomic E-state index is 0. The van der Waals surface area contributed by atoms with Crippen LogP contribution in [0.1, 0.15) is 28.8 Å². The lowest BCUT2D eigenvalue weighted by Gasteiger charge is -2.12. The Hall–Kier alpha value is -1.35. The number of aryl methyl sites for hydroxylation is 2. The summed E-state index contributed by atoms with van der Waals surface area (Å²) >= 11 is 1.79. The maximum absolute atomic E-state index is 5.72. The molecular formula is C19H29IN4OS. The molecule has 0 fully saturated rings. The van der Waals surface area contributed by atoms with E-state index in [1.807, 2.05) is 18.3 Å². The van der Waals surface area contributed by atoms with E-state index in [1.54, 1.807) is 18.4 Å². The highest BCUT2D eigenvalue weighted by molar-refractivity contribution is 14.0. The second kappa shape index (κ2) is 12.9. The zero-order valence-corrected chi connectivity index (χ0v) is 18.9. The summed E-state index contributed by atoms with van der Waals surface area (Å²) in [5, 5.41) is 7.81. The molecule has 0 saturated heterocycles. The predicted molar refractivity (Wildman–Crippen MR) is 121 cm³/mol. The summed E-state index contributed by atoms with van der Waals surface area (Å²) in [6.07, 6.45) is 4.86. The van der Waals surface area contributed by atoms with Gasteiger partial charge in [0.1, 0.15) is 5.75 Å². The van der Waals surface area contributed by atoms with Gasteiger partial charge in [-0.25, -0.2) is 4.98 Å². The molecule has 7 heteroatoms. The van der Waals surface area contributed by atoms with E-state index in [4.69, 9.17) is 4.74 Å². The average molecular weight is 488 g/mol. The maximum Gasteiger partial charge on any atom is 0.190 e. The van der Waals surface area contributed by atoms with Gasteiger partial charge in [0.25, 0.3) is 0 Å².